The third-order valence-corrected chi connectivity index (χ3v) is 2.86. The first-order valence-electron chi connectivity index (χ1n) is 7.34. The van der Waals surface area contributed by atoms with Crippen LogP contribution < -0.4 is 15.4 Å². The fourth-order valence-corrected chi connectivity index (χ4v) is 1.69. The lowest BCUT2D eigenvalue weighted by atomic mass is 10.1. The van der Waals surface area contributed by atoms with Crippen LogP contribution in [-0.2, 0) is 0 Å². The SMILES string of the molecule is CN=C(NCCCOc1ccccc1)NCCC(C)C.I. The number of hydrogen-bond acceptors (Lipinski definition) is 2. The molecule has 1 aromatic carbocycles. The number of aliphatic imine (C=N–C) groups is 1. The van der Waals surface area contributed by atoms with Crippen LogP contribution in [0.5, 0.6) is 5.75 Å². The molecule has 1 rings (SSSR count). The minimum absolute atomic E-state index is 0. The third-order valence-electron chi connectivity index (χ3n) is 2.86. The Morgan fingerprint density at radius 1 is 1.14 bits per heavy atom. The van der Waals surface area contributed by atoms with E-state index in [2.05, 4.69) is 29.5 Å². The summed E-state index contributed by atoms with van der Waals surface area (Å²) in [5.74, 6) is 2.50. The van der Waals surface area contributed by atoms with Gasteiger partial charge in [-0.25, -0.2) is 0 Å². The van der Waals surface area contributed by atoms with Gasteiger partial charge in [-0.1, -0.05) is 32.0 Å². The topological polar surface area (TPSA) is 45.7 Å². The summed E-state index contributed by atoms with van der Waals surface area (Å²) < 4.78 is 5.63. The van der Waals surface area contributed by atoms with Crippen LogP contribution >= 0.6 is 24.0 Å². The van der Waals surface area contributed by atoms with Gasteiger partial charge in [0.05, 0.1) is 6.61 Å². The zero-order chi connectivity index (χ0) is 14.6. The minimum Gasteiger partial charge on any atom is -0.494 e. The van der Waals surface area contributed by atoms with Gasteiger partial charge in [0.2, 0.25) is 0 Å². The van der Waals surface area contributed by atoms with Crippen molar-refractivity contribution in [3.63, 3.8) is 0 Å². The number of nitrogens with zero attached hydrogens (tertiary/aromatic N) is 1. The van der Waals surface area contributed by atoms with Crippen LogP contribution in [0.2, 0.25) is 0 Å². The molecule has 0 atom stereocenters. The first kappa shape index (κ1) is 20.0. The summed E-state index contributed by atoms with van der Waals surface area (Å²) in [7, 11) is 1.80. The molecule has 21 heavy (non-hydrogen) atoms. The van der Waals surface area contributed by atoms with E-state index in [1.165, 1.54) is 0 Å². The van der Waals surface area contributed by atoms with Crippen LogP contribution in [0.25, 0.3) is 0 Å². The van der Waals surface area contributed by atoms with Gasteiger partial charge in [-0.3, -0.25) is 4.99 Å². The largest absolute Gasteiger partial charge is 0.494 e. The number of para-hydroxylation sites is 1. The van der Waals surface area contributed by atoms with E-state index in [1.54, 1.807) is 7.05 Å². The van der Waals surface area contributed by atoms with Crippen molar-refractivity contribution in [3.8, 4) is 5.75 Å². The first-order valence-corrected chi connectivity index (χ1v) is 7.34. The average Bonchev–Trinajstić information content (AvgIpc) is 2.46. The predicted octanol–water partition coefficient (Wildman–Crippen LogP) is 3.28. The third kappa shape index (κ3) is 10.4. The summed E-state index contributed by atoms with van der Waals surface area (Å²) in [5, 5.41) is 6.60. The Kier molecular flexibility index (Phi) is 12.1. The molecule has 0 saturated carbocycles. The van der Waals surface area contributed by atoms with Gasteiger partial charge in [-0.05, 0) is 30.9 Å². The molecule has 0 aliphatic rings. The van der Waals surface area contributed by atoms with Gasteiger partial charge in [-0.2, -0.15) is 0 Å². The number of guanidine groups is 1. The Morgan fingerprint density at radius 3 is 2.43 bits per heavy atom. The summed E-state index contributed by atoms with van der Waals surface area (Å²) >= 11 is 0. The molecule has 0 fully saturated rings. The molecule has 0 aromatic heterocycles. The second-order valence-electron chi connectivity index (χ2n) is 5.12. The molecule has 0 aliphatic heterocycles. The smallest absolute Gasteiger partial charge is 0.190 e. The first-order chi connectivity index (χ1) is 9.72. The number of ether oxygens (including phenoxy) is 1. The molecular formula is C16H28IN3O. The molecule has 0 aliphatic carbocycles. The lowest BCUT2D eigenvalue weighted by molar-refractivity contribution is 0.311. The van der Waals surface area contributed by atoms with Crippen molar-refractivity contribution in [3.05, 3.63) is 30.3 Å². The van der Waals surface area contributed by atoms with Crippen molar-refractivity contribution in [1.29, 1.82) is 0 Å². The molecule has 1 aromatic rings. The Morgan fingerprint density at radius 2 is 1.81 bits per heavy atom. The van der Waals surface area contributed by atoms with Crippen molar-refractivity contribution < 1.29 is 4.74 Å². The summed E-state index contributed by atoms with van der Waals surface area (Å²) in [6.07, 6.45) is 2.09. The quantitative estimate of drug-likeness (QED) is 0.302. The summed E-state index contributed by atoms with van der Waals surface area (Å²) in [5.41, 5.74) is 0. The van der Waals surface area contributed by atoms with Gasteiger partial charge in [0.15, 0.2) is 5.96 Å². The molecule has 5 heteroatoms. The second kappa shape index (κ2) is 12.7. The Labute approximate surface area is 145 Å². The van der Waals surface area contributed by atoms with Gasteiger partial charge >= 0.3 is 0 Å². The van der Waals surface area contributed by atoms with Gasteiger partial charge in [0.1, 0.15) is 5.75 Å². The van der Waals surface area contributed by atoms with Crippen LogP contribution in [0, 0.1) is 5.92 Å². The van der Waals surface area contributed by atoms with Crippen molar-refractivity contribution in [2.45, 2.75) is 26.7 Å². The maximum absolute atomic E-state index is 5.63. The molecule has 2 N–H and O–H groups in total. The summed E-state index contributed by atoms with van der Waals surface area (Å²) in [6, 6.07) is 9.89. The zero-order valence-corrected chi connectivity index (χ0v) is 15.6. The monoisotopic (exact) mass is 405 g/mol. The normalized spacial score (nSPS) is 11.0. The number of nitrogens with one attached hydrogen (secondary N) is 2. The Bertz CT molecular complexity index is 382. The highest BCUT2D eigenvalue weighted by atomic mass is 127. The van der Waals surface area contributed by atoms with E-state index in [-0.39, 0.29) is 24.0 Å². The molecule has 0 spiro atoms. The van der Waals surface area contributed by atoms with E-state index >= 15 is 0 Å². The van der Waals surface area contributed by atoms with Gasteiger partial charge in [-0.15, -0.1) is 24.0 Å². The standard InChI is InChI=1S/C16H27N3O.HI/c1-14(2)10-12-19-16(17-3)18-11-7-13-20-15-8-5-4-6-9-15;/h4-6,8-9,14H,7,10-13H2,1-3H3,(H2,17,18,19);1H. The van der Waals surface area contributed by atoms with Crippen molar-refractivity contribution in [1.82, 2.24) is 10.6 Å². The van der Waals surface area contributed by atoms with Gasteiger partial charge in [0.25, 0.3) is 0 Å². The summed E-state index contributed by atoms with van der Waals surface area (Å²) in [6.45, 7) is 6.96. The fraction of sp³-hybridized carbons (Fsp3) is 0.562. The molecule has 4 nitrogen and oxygen atoms in total. The van der Waals surface area contributed by atoms with Gasteiger partial charge < -0.3 is 15.4 Å². The van der Waals surface area contributed by atoms with Crippen molar-refractivity contribution in [2.75, 3.05) is 26.7 Å². The van der Waals surface area contributed by atoms with Gasteiger partial charge in [0, 0.05) is 20.1 Å². The molecule has 0 unspecified atom stereocenters. The molecule has 0 saturated heterocycles. The maximum atomic E-state index is 5.63. The van der Waals surface area contributed by atoms with Crippen molar-refractivity contribution in [2.24, 2.45) is 10.9 Å². The molecule has 0 amide bonds. The van der Waals surface area contributed by atoms with Crippen LogP contribution in [0.3, 0.4) is 0 Å². The second-order valence-corrected chi connectivity index (χ2v) is 5.12. The highest BCUT2D eigenvalue weighted by Gasteiger charge is 1.98. The van der Waals surface area contributed by atoms with E-state index < -0.39 is 0 Å². The number of hydrogen-bond donors (Lipinski definition) is 2. The number of halogens is 1. The van der Waals surface area contributed by atoms with Crippen LogP contribution in [0.1, 0.15) is 26.7 Å². The van der Waals surface area contributed by atoms with Crippen LogP contribution in [0.4, 0.5) is 0 Å². The van der Waals surface area contributed by atoms with Crippen LogP contribution in [0.15, 0.2) is 35.3 Å². The Balaban J connectivity index is 0.00000400. The highest BCUT2D eigenvalue weighted by molar-refractivity contribution is 14.0. The molecule has 0 radical (unpaired) electrons. The lowest BCUT2D eigenvalue weighted by Gasteiger charge is -2.13. The Hall–Kier alpha value is -0.980. The van der Waals surface area contributed by atoms with E-state index in [0.29, 0.717) is 12.5 Å². The zero-order valence-electron chi connectivity index (χ0n) is 13.3. The average molecular weight is 405 g/mol. The predicted molar refractivity (Wildman–Crippen MR) is 101 cm³/mol. The highest BCUT2D eigenvalue weighted by Crippen LogP contribution is 2.07. The maximum Gasteiger partial charge on any atom is 0.190 e. The van der Waals surface area contributed by atoms with E-state index in [9.17, 15) is 0 Å². The molecule has 0 heterocycles. The minimum atomic E-state index is 0. The lowest BCUT2D eigenvalue weighted by Crippen LogP contribution is -2.38. The van der Waals surface area contributed by atoms with E-state index in [1.807, 2.05) is 30.3 Å². The number of rotatable bonds is 8. The molecule has 0 bridgehead atoms. The molecule has 120 valence electrons. The summed E-state index contributed by atoms with van der Waals surface area (Å²) in [4.78, 5) is 4.19. The van der Waals surface area contributed by atoms with E-state index in [4.69, 9.17) is 4.74 Å². The molecular weight excluding hydrogens is 377 g/mol. The van der Waals surface area contributed by atoms with Crippen molar-refractivity contribution >= 4 is 29.9 Å². The number of benzene rings is 1. The van der Waals surface area contributed by atoms with E-state index in [0.717, 1.165) is 37.6 Å². The van der Waals surface area contributed by atoms with Crippen LogP contribution in [-0.4, -0.2) is 32.7 Å². The fourth-order valence-electron chi connectivity index (χ4n) is 1.69.